The molecule has 1 saturated heterocycles. The first-order valence-electron chi connectivity index (χ1n) is 4.77. The largest absolute Gasteiger partial charge is 0.372 e. The van der Waals surface area contributed by atoms with Crippen molar-refractivity contribution in [1.29, 1.82) is 0 Å². The molecule has 0 unspecified atom stereocenters. The number of carbonyl (C=O) groups is 1. The number of rotatable bonds is 4. The van der Waals surface area contributed by atoms with Crippen LogP contribution in [0.1, 0.15) is 19.8 Å². The molecule has 76 valence electrons. The van der Waals surface area contributed by atoms with Crippen molar-refractivity contribution in [2.24, 2.45) is 0 Å². The van der Waals surface area contributed by atoms with E-state index in [0.29, 0.717) is 12.6 Å². The monoisotopic (exact) mass is 203 g/mol. The summed E-state index contributed by atoms with van der Waals surface area (Å²) in [5, 5.41) is 2.98. The number of carbonyl (C=O) groups excluding carboxylic acids is 1. The van der Waals surface area contributed by atoms with Crippen molar-refractivity contribution in [2.75, 3.05) is 24.7 Å². The number of thioether (sulfide) groups is 1. The van der Waals surface area contributed by atoms with E-state index >= 15 is 0 Å². The highest BCUT2D eigenvalue weighted by molar-refractivity contribution is 7.99. The van der Waals surface area contributed by atoms with Crippen LogP contribution in [0.5, 0.6) is 0 Å². The Morgan fingerprint density at radius 1 is 1.54 bits per heavy atom. The van der Waals surface area contributed by atoms with Gasteiger partial charge in [0.05, 0.1) is 0 Å². The van der Waals surface area contributed by atoms with Crippen molar-refractivity contribution in [1.82, 2.24) is 5.32 Å². The minimum absolute atomic E-state index is 0.0266. The molecule has 1 aliphatic rings. The molecule has 0 aliphatic carbocycles. The quantitative estimate of drug-likeness (QED) is 0.742. The molecule has 0 aromatic carbocycles. The van der Waals surface area contributed by atoms with Gasteiger partial charge in [0.25, 0.3) is 0 Å². The highest BCUT2D eigenvalue weighted by Crippen LogP contribution is 2.16. The standard InChI is InChI=1S/C9H17NO2S/c1-2-12-7-9(11)10-8-3-5-13-6-4-8/h8H,2-7H2,1H3,(H,10,11). The van der Waals surface area contributed by atoms with Crippen LogP contribution in [0, 0.1) is 0 Å². The molecule has 0 aromatic rings. The highest BCUT2D eigenvalue weighted by atomic mass is 32.2. The average Bonchev–Trinajstić information content (AvgIpc) is 2.16. The molecule has 4 heteroatoms. The average molecular weight is 203 g/mol. The van der Waals surface area contributed by atoms with Crippen LogP contribution >= 0.6 is 11.8 Å². The summed E-state index contributed by atoms with van der Waals surface area (Å²) in [5.41, 5.74) is 0. The van der Waals surface area contributed by atoms with E-state index < -0.39 is 0 Å². The molecule has 1 fully saturated rings. The molecule has 3 nitrogen and oxygen atoms in total. The minimum atomic E-state index is 0.0266. The van der Waals surface area contributed by atoms with Gasteiger partial charge < -0.3 is 10.1 Å². The van der Waals surface area contributed by atoms with E-state index in [1.165, 1.54) is 11.5 Å². The van der Waals surface area contributed by atoms with Gasteiger partial charge in [0.1, 0.15) is 6.61 Å². The van der Waals surface area contributed by atoms with E-state index in [1.54, 1.807) is 0 Å². The Morgan fingerprint density at radius 3 is 2.85 bits per heavy atom. The van der Waals surface area contributed by atoms with E-state index in [4.69, 9.17) is 4.74 Å². The number of hydrogen-bond acceptors (Lipinski definition) is 3. The number of nitrogens with one attached hydrogen (secondary N) is 1. The first-order chi connectivity index (χ1) is 6.33. The van der Waals surface area contributed by atoms with Gasteiger partial charge in [-0.15, -0.1) is 0 Å². The fraction of sp³-hybridized carbons (Fsp3) is 0.889. The topological polar surface area (TPSA) is 38.3 Å². The van der Waals surface area contributed by atoms with Gasteiger partial charge in [0.2, 0.25) is 5.91 Å². The Bertz CT molecular complexity index is 158. The molecule has 13 heavy (non-hydrogen) atoms. The van der Waals surface area contributed by atoms with Crippen LogP contribution in [0.3, 0.4) is 0 Å². The van der Waals surface area contributed by atoms with Crippen LogP contribution in [-0.2, 0) is 9.53 Å². The second-order valence-electron chi connectivity index (χ2n) is 3.09. The maximum absolute atomic E-state index is 11.2. The summed E-state index contributed by atoms with van der Waals surface area (Å²) >= 11 is 1.96. The molecule has 0 spiro atoms. The molecule has 1 heterocycles. The molecule has 1 N–H and O–H groups in total. The molecule has 0 radical (unpaired) electrons. The lowest BCUT2D eigenvalue weighted by Crippen LogP contribution is -2.39. The van der Waals surface area contributed by atoms with Gasteiger partial charge in [0, 0.05) is 12.6 Å². The first kappa shape index (κ1) is 10.9. The lowest BCUT2D eigenvalue weighted by atomic mass is 10.1. The molecule has 0 atom stereocenters. The molecule has 0 bridgehead atoms. The SMILES string of the molecule is CCOCC(=O)NC1CCSCC1. The second kappa shape index (κ2) is 6.27. The van der Waals surface area contributed by atoms with E-state index in [9.17, 15) is 4.79 Å². The van der Waals surface area contributed by atoms with Crippen LogP contribution in [0.2, 0.25) is 0 Å². The van der Waals surface area contributed by atoms with Crippen LogP contribution in [-0.4, -0.2) is 36.7 Å². The fourth-order valence-corrected chi connectivity index (χ4v) is 2.41. The summed E-state index contributed by atoms with van der Waals surface area (Å²) in [6, 6.07) is 0.384. The Kier molecular flexibility index (Phi) is 5.23. The zero-order chi connectivity index (χ0) is 9.52. The fourth-order valence-electron chi connectivity index (χ4n) is 1.31. The summed E-state index contributed by atoms with van der Waals surface area (Å²) in [6.07, 6.45) is 2.20. The third-order valence-electron chi connectivity index (χ3n) is 2.02. The first-order valence-corrected chi connectivity index (χ1v) is 5.93. The van der Waals surface area contributed by atoms with E-state index in [0.717, 1.165) is 12.8 Å². The summed E-state index contributed by atoms with van der Waals surface area (Å²) in [4.78, 5) is 11.2. The smallest absolute Gasteiger partial charge is 0.246 e. The normalized spacial score (nSPS) is 18.5. The second-order valence-corrected chi connectivity index (χ2v) is 4.32. The lowest BCUT2D eigenvalue weighted by Gasteiger charge is -2.22. The van der Waals surface area contributed by atoms with E-state index in [1.807, 2.05) is 18.7 Å². The molecule has 1 rings (SSSR count). The summed E-state index contributed by atoms with van der Waals surface area (Å²) in [6.45, 7) is 2.71. The zero-order valence-electron chi connectivity index (χ0n) is 8.04. The van der Waals surface area contributed by atoms with Gasteiger partial charge in [-0.1, -0.05) is 0 Å². The van der Waals surface area contributed by atoms with Gasteiger partial charge in [-0.25, -0.2) is 0 Å². The van der Waals surface area contributed by atoms with Crippen LogP contribution in [0.4, 0.5) is 0 Å². The van der Waals surface area contributed by atoms with Gasteiger partial charge >= 0.3 is 0 Å². The van der Waals surface area contributed by atoms with Crippen molar-refractivity contribution in [3.05, 3.63) is 0 Å². The summed E-state index contributed by atoms with van der Waals surface area (Å²) in [7, 11) is 0. The third kappa shape index (κ3) is 4.52. The van der Waals surface area contributed by atoms with Crippen LogP contribution in [0.25, 0.3) is 0 Å². The minimum Gasteiger partial charge on any atom is -0.372 e. The number of ether oxygens (including phenoxy) is 1. The third-order valence-corrected chi connectivity index (χ3v) is 3.07. The van der Waals surface area contributed by atoms with Crippen molar-refractivity contribution in [3.63, 3.8) is 0 Å². The predicted octanol–water partition coefficient (Wildman–Crippen LogP) is 1.03. The summed E-state index contributed by atoms with van der Waals surface area (Å²) in [5.74, 6) is 2.36. The summed E-state index contributed by atoms with van der Waals surface area (Å²) < 4.78 is 5.02. The molecule has 0 aromatic heterocycles. The molecule has 1 amide bonds. The number of hydrogen-bond donors (Lipinski definition) is 1. The van der Waals surface area contributed by atoms with Crippen molar-refractivity contribution in [3.8, 4) is 0 Å². The Balaban J connectivity index is 2.11. The van der Waals surface area contributed by atoms with Crippen molar-refractivity contribution < 1.29 is 9.53 Å². The van der Waals surface area contributed by atoms with Crippen molar-refractivity contribution in [2.45, 2.75) is 25.8 Å². The molecule has 1 aliphatic heterocycles. The Hall–Kier alpha value is -0.220. The Labute approximate surface area is 83.6 Å². The van der Waals surface area contributed by atoms with Crippen LogP contribution in [0.15, 0.2) is 0 Å². The van der Waals surface area contributed by atoms with Gasteiger partial charge in [-0.2, -0.15) is 11.8 Å². The lowest BCUT2D eigenvalue weighted by molar-refractivity contribution is -0.126. The van der Waals surface area contributed by atoms with E-state index in [-0.39, 0.29) is 12.5 Å². The Morgan fingerprint density at radius 2 is 2.23 bits per heavy atom. The van der Waals surface area contributed by atoms with Gasteiger partial charge in [-0.3, -0.25) is 4.79 Å². The molecular weight excluding hydrogens is 186 g/mol. The van der Waals surface area contributed by atoms with Crippen molar-refractivity contribution >= 4 is 17.7 Å². The zero-order valence-corrected chi connectivity index (χ0v) is 8.86. The van der Waals surface area contributed by atoms with Crippen LogP contribution < -0.4 is 5.32 Å². The predicted molar refractivity (Wildman–Crippen MR) is 55.0 cm³/mol. The van der Waals surface area contributed by atoms with E-state index in [2.05, 4.69) is 5.32 Å². The number of amides is 1. The maximum atomic E-state index is 11.2. The molecular formula is C9H17NO2S. The maximum Gasteiger partial charge on any atom is 0.246 e. The van der Waals surface area contributed by atoms with Gasteiger partial charge in [0.15, 0.2) is 0 Å². The van der Waals surface area contributed by atoms with Gasteiger partial charge in [-0.05, 0) is 31.3 Å². The highest BCUT2D eigenvalue weighted by Gasteiger charge is 2.15. The molecule has 0 saturated carbocycles.